The Bertz CT molecular complexity index is 655. The van der Waals surface area contributed by atoms with Gasteiger partial charge in [-0.15, -0.1) is 0 Å². The summed E-state index contributed by atoms with van der Waals surface area (Å²) in [6.07, 6.45) is 8.45. The summed E-state index contributed by atoms with van der Waals surface area (Å²) < 4.78 is 5.92. The molecule has 1 saturated carbocycles. The third-order valence-corrected chi connectivity index (χ3v) is 5.34. The number of rotatable bonds is 7. The van der Waals surface area contributed by atoms with Crippen molar-refractivity contribution >= 4 is 11.9 Å². The number of carbonyl (C=O) groups is 1. The molecule has 1 aromatic rings. The molecule has 1 unspecified atom stereocenters. The topological polar surface area (TPSA) is 78.9 Å². The van der Waals surface area contributed by atoms with E-state index in [1.807, 2.05) is 30.2 Å². The predicted octanol–water partition coefficient (Wildman–Crippen LogP) is 2.47. The maximum atomic E-state index is 11.9. The molecule has 7 nitrogen and oxygen atoms in total. The Morgan fingerprint density at radius 1 is 1.29 bits per heavy atom. The first-order chi connectivity index (χ1) is 13.7. The zero-order chi connectivity index (χ0) is 19.8. The summed E-state index contributed by atoms with van der Waals surface area (Å²) in [6, 6.07) is 4.21. The van der Waals surface area contributed by atoms with Crippen LogP contribution in [0.1, 0.15) is 57.9 Å². The maximum absolute atomic E-state index is 11.9. The number of hydrogen-bond acceptors (Lipinski definition) is 4. The molecule has 2 aliphatic rings. The minimum atomic E-state index is 0.220. The Kier molecular flexibility index (Phi) is 7.51. The molecule has 0 spiro atoms. The number of likely N-dealkylation sites (tertiary alicyclic amines) is 1. The Hall–Kier alpha value is -2.31. The summed E-state index contributed by atoms with van der Waals surface area (Å²) in [7, 11) is 0. The molecule has 0 bridgehead atoms. The van der Waals surface area contributed by atoms with Gasteiger partial charge in [0.2, 0.25) is 11.8 Å². The summed E-state index contributed by atoms with van der Waals surface area (Å²) in [5.41, 5.74) is 1.05. The van der Waals surface area contributed by atoms with Crippen LogP contribution in [0, 0.1) is 0 Å². The molecular weight excluding hydrogens is 354 g/mol. The van der Waals surface area contributed by atoms with Gasteiger partial charge in [0.05, 0.1) is 6.54 Å². The maximum Gasteiger partial charge on any atom is 0.222 e. The molecule has 2 fully saturated rings. The van der Waals surface area contributed by atoms with Gasteiger partial charge in [-0.2, -0.15) is 0 Å². The molecule has 1 saturated heterocycles. The molecule has 7 heteroatoms. The van der Waals surface area contributed by atoms with E-state index in [1.54, 1.807) is 0 Å². The minimum absolute atomic E-state index is 0.220. The largest absolute Gasteiger partial charge is 0.474 e. The molecule has 2 heterocycles. The van der Waals surface area contributed by atoms with Gasteiger partial charge in [0.25, 0.3) is 0 Å². The lowest BCUT2D eigenvalue weighted by molar-refractivity contribution is -0.129. The van der Waals surface area contributed by atoms with Gasteiger partial charge in [-0.05, 0) is 44.6 Å². The van der Waals surface area contributed by atoms with Crippen LogP contribution in [0.4, 0.5) is 0 Å². The molecule has 0 radical (unpaired) electrons. The Morgan fingerprint density at radius 3 is 2.79 bits per heavy atom. The molecule has 1 amide bonds. The minimum Gasteiger partial charge on any atom is -0.474 e. The second-order valence-electron chi connectivity index (χ2n) is 7.55. The smallest absolute Gasteiger partial charge is 0.222 e. The van der Waals surface area contributed by atoms with Crippen LogP contribution in [0.2, 0.25) is 0 Å². The van der Waals surface area contributed by atoms with E-state index in [0.29, 0.717) is 24.9 Å². The summed E-state index contributed by atoms with van der Waals surface area (Å²) in [5.74, 6) is 1.71. The third-order valence-electron chi connectivity index (χ3n) is 5.34. The van der Waals surface area contributed by atoms with Crippen LogP contribution in [0.5, 0.6) is 5.88 Å². The van der Waals surface area contributed by atoms with Crippen molar-refractivity contribution in [2.75, 3.05) is 19.6 Å². The molecule has 1 atom stereocenters. The van der Waals surface area contributed by atoms with E-state index < -0.39 is 0 Å². The third kappa shape index (κ3) is 5.84. The van der Waals surface area contributed by atoms with Crippen LogP contribution in [-0.2, 0) is 11.3 Å². The van der Waals surface area contributed by atoms with E-state index in [0.717, 1.165) is 50.4 Å². The number of guanidine groups is 1. The lowest BCUT2D eigenvalue weighted by atomic mass is 10.2. The SMILES string of the molecule is CCNC(=NCc1ccc(OC2CCCC2)nc1)NC1CCN(C(=O)CC)C1. The van der Waals surface area contributed by atoms with Gasteiger partial charge in [0.15, 0.2) is 5.96 Å². The van der Waals surface area contributed by atoms with Crippen molar-refractivity contribution in [2.45, 2.75) is 71.1 Å². The highest BCUT2D eigenvalue weighted by molar-refractivity contribution is 5.80. The van der Waals surface area contributed by atoms with Crippen LogP contribution in [0.15, 0.2) is 23.3 Å². The predicted molar refractivity (Wildman–Crippen MR) is 110 cm³/mol. The Labute approximate surface area is 168 Å². The number of aliphatic imine (C=N–C) groups is 1. The van der Waals surface area contributed by atoms with Crippen molar-refractivity contribution < 1.29 is 9.53 Å². The fourth-order valence-corrected chi connectivity index (χ4v) is 3.76. The van der Waals surface area contributed by atoms with Gasteiger partial charge in [-0.3, -0.25) is 4.79 Å². The van der Waals surface area contributed by atoms with Crippen molar-refractivity contribution in [1.29, 1.82) is 0 Å². The number of hydrogen-bond donors (Lipinski definition) is 2. The molecule has 1 aliphatic heterocycles. The highest BCUT2D eigenvalue weighted by atomic mass is 16.5. The molecule has 154 valence electrons. The van der Waals surface area contributed by atoms with Crippen molar-refractivity contribution in [2.24, 2.45) is 4.99 Å². The summed E-state index contributed by atoms with van der Waals surface area (Å²) in [5, 5.41) is 6.74. The molecule has 3 rings (SSSR count). The van der Waals surface area contributed by atoms with E-state index in [9.17, 15) is 4.79 Å². The number of pyridine rings is 1. The van der Waals surface area contributed by atoms with Gasteiger partial charge in [-0.1, -0.05) is 13.0 Å². The van der Waals surface area contributed by atoms with Crippen LogP contribution >= 0.6 is 0 Å². The van der Waals surface area contributed by atoms with E-state index in [2.05, 4.69) is 27.5 Å². The van der Waals surface area contributed by atoms with Gasteiger partial charge < -0.3 is 20.3 Å². The summed E-state index contributed by atoms with van der Waals surface area (Å²) in [4.78, 5) is 22.9. The molecule has 28 heavy (non-hydrogen) atoms. The van der Waals surface area contributed by atoms with Gasteiger partial charge >= 0.3 is 0 Å². The summed E-state index contributed by atoms with van der Waals surface area (Å²) >= 11 is 0. The van der Waals surface area contributed by atoms with E-state index in [1.165, 1.54) is 12.8 Å². The molecule has 1 aromatic heterocycles. The van der Waals surface area contributed by atoms with Crippen LogP contribution in [0.25, 0.3) is 0 Å². The standard InChI is InChI=1S/C21H33N5O2/c1-3-20(27)26-12-11-17(15-26)25-21(22-4-2)24-14-16-9-10-19(23-13-16)28-18-7-5-6-8-18/h9-10,13,17-18H,3-8,11-12,14-15H2,1-2H3,(H2,22,24,25). The van der Waals surface area contributed by atoms with Crippen LogP contribution in [-0.4, -0.2) is 53.5 Å². The monoisotopic (exact) mass is 387 g/mol. The van der Waals surface area contributed by atoms with Crippen molar-refractivity contribution in [1.82, 2.24) is 20.5 Å². The first kappa shape index (κ1) is 20.4. The lowest BCUT2D eigenvalue weighted by Crippen LogP contribution is -2.45. The normalized spacial score (nSPS) is 20.4. The average Bonchev–Trinajstić information content (AvgIpc) is 3.39. The zero-order valence-corrected chi connectivity index (χ0v) is 17.1. The lowest BCUT2D eigenvalue weighted by Gasteiger charge is -2.18. The quantitative estimate of drug-likeness (QED) is 0.555. The van der Waals surface area contributed by atoms with E-state index >= 15 is 0 Å². The molecule has 0 aromatic carbocycles. The van der Waals surface area contributed by atoms with Gasteiger partial charge in [-0.25, -0.2) is 9.98 Å². The van der Waals surface area contributed by atoms with Gasteiger partial charge in [0.1, 0.15) is 6.10 Å². The zero-order valence-electron chi connectivity index (χ0n) is 17.1. The fraction of sp³-hybridized carbons (Fsp3) is 0.667. The number of carbonyl (C=O) groups excluding carboxylic acids is 1. The van der Waals surface area contributed by atoms with Crippen molar-refractivity contribution in [3.05, 3.63) is 23.9 Å². The number of amides is 1. The van der Waals surface area contributed by atoms with Crippen molar-refractivity contribution in [3.8, 4) is 5.88 Å². The van der Waals surface area contributed by atoms with Crippen LogP contribution < -0.4 is 15.4 Å². The molecular formula is C21H33N5O2. The second kappa shape index (κ2) is 10.3. The molecule has 2 N–H and O–H groups in total. The Morgan fingerprint density at radius 2 is 2.11 bits per heavy atom. The molecule has 1 aliphatic carbocycles. The van der Waals surface area contributed by atoms with E-state index in [4.69, 9.17) is 4.74 Å². The highest BCUT2D eigenvalue weighted by Gasteiger charge is 2.25. The number of nitrogens with zero attached hydrogens (tertiary/aromatic N) is 3. The van der Waals surface area contributed by atoms with Crippen molar-refractivity contribution in [3.63, 3.8) is 0 Å². The highest BCUT2D eigenvalue weighted by Crippen LogP contribution is 2.22. The van der Waals surface area contributed by atoms with Gasteiger partial charge in [0, 0.05) is 44.4 Å². The van der Waals surface area contributed by atoms with Crippen LogP contribution in [0.3, 0.4) is 0 Å². The number of ether oxygens (including phenoxy) is 1. The average molecular weight is 388 g/mol. The first-order valence-corrected chi connectivity index (χ1v) is 10.6. The number of aromatic nitrogens is 1. The van der Waals surface area contributed by atoms with E-state index in [-0.39, 0.29) is 11.9 Å². The number of nitrogens with one attached hydrogen (secondary N) is 2. The summed E-state index contributed by atoms with van der Waals surface area (Å²) in [6.45, 7) is 6.86. The first-order valence-electron chi connectivity index (χ1n) is 10.6. The Balaban J connectivity index is 1.51. The second-order valence-corrected chi connectivity index (χ2v) is 7.55. The fourth-order valence-electron chi connectivity index (χ4n) is 3.76.